The summed E-state index contributed by atoms with van der Waals surface area (Å²) in [7, 11) is 0. The van der Waals surface area contributed by atoms with E-state index in [1.54, 1.807) is 0 Å². The number of fused-ring (bicyclic) bond motifs is 2. The maximum atomic E-state index is 13.8. The first-order valence-electron chi connectivity index (χ1n) is 14.4. The van der Waals surface area contributed by atoms with Crippen molar-refractivity contribution in [3.05, 3.63) is 111 Å². The van der Waals surface area contributed by atoms with Crippen molar-refractivity contribution < 1.29 is 22.7 Å². The highest BCUT2D eigenvalue weighted by Gasteiger charge is 2.44. The Balaban J connectivity index is 1.09. The summed E-state index contributed by atoms with van der Waals surface area (Å²) in [6.45, 7) is 2.03. The number of benzene rings is 3. The summed E-state index contributed by atoms with van der Waals surface area (Å²) in [5.74, 6) is -3.96. The molecule has 3 aromatic carbocycles. The van der Waals surface area contributed by atoms with Crippen molar-refractivity contribution in [3.63, 3.8) is 0 Å². The third kappa shape index (κ3) is 6.07. The summed E-state index contributed by atoms with van der Waals surface area (Å²) in [5.41, 5.74) is 3.71. The molecule has 1 aliphatic carbocycles. The van der Waals surface area contributed by atoms with E-state index in [1.165, 1.54) is 0 Å². The van der Waals surface area contributed by atoms with Crippen LogP contribution >= 0.6 is 11.6 Å². The zero-order valence-corrected chi connectivity index (χ0v) is 23.9. The smallest absolute Gasteiger partial charge is 0.251 e. The maximum absolute atomic E-state index is 13.8. The van der Waals surface area contributed by atoms with Gasteiger partial charge in [0.05, 0.1) is 18.2 Å². The summed E-state index contributed by atoms with van der Waals surface area (Å²) in [6.07, 6.45) is 6.01. The van der Waals surface area contributed by atoms with Crippen LogP contribution in [0.5, 0.6) is 5.75 Å². The third-order valence-electron chi connectivity index (χ3n) is 8.37. The quantitative estimate of drug-likeness (QED) is 0.221. The summed E-state index contributed by atoms with van der Waals surface area (Å²) in [4.78, 5) is 15.8. The molecule has 2 unspecified atom stereocenters. The van der Waals surface area contributed by atoms with Gasteiger partial charge in [-0.3, -0.25) is 10.1 Å². The molecule has 1 saturated carbocycles. The molecule has 1 saturated heterocycles. The summed E-state index contributed by atoms with van der Waals surface area (Å²) in [5, 5.41) is 8.00. The number of nitrogens with one attached hydrogen (secondary N) is 2. The van der Waals surface area contributed by atoms with E-state index in [1.807, 2.05) is 41.3 Å². The van der Waals surface area contributed by atoms with Crippen LogP contribution in [0.25, 0.3) is 0 Å². The summed E-state index contributed by atoms with van der Waals surface area (Å²) < 4.78 is 46.2. The number of carbonyl (C=O) groups excluding carboxylic acids is 1. The Morgan fingerprint density at radius 3 is 2.57 bits per heavy atom. The van der Waals surface area contributed by atoms with Gasteiger partial charge in [-0.05, 0) is 73.1 Å². The van der Waals surface area contributed by atoms with E-state index in [2.05, 4.69) is 28.8 Å². The van der Waals surface area contributed by atoms with Gasteiger partial charge in [-0.15, -0.1) is 0 Å². The first-order chi connectivity index (χ1) is 20.3. The lowest BCUT2D eigenvalue weighted by Gasteiger charge is -2.47. The van der Waals surface area contributed by atoms with E-state index in [0.717, 1.165) is 53.8 Å². The predicted octanol–water partition coefficient (Wildman–Crippen LogP) is 6.05. The number of halogens is 4. The second kappa shape index (κ2) is 12.1. The highest BCUT2D eigenvalue weighted by atomic mass is 35.5. The molecule has 42 heavy (non-hydrogen) atoms. The average Bonchev–Trinajstić information content (AvgIpc) is 3.83. The average molecular weight is 596 g/mol. The number of hydrogen-bond acceptors (Lipinski definition) is 4. The highest BCUT2D eigenvalue weighted by molar-refractivity contribution is 6.30. The molecular weight excluding hydrogens is 563 g/mol. The number of ether oxygens (including phenoxy) is 1. The van der Waals surface area contributed by atoms with E-state index >= 15 is 0 Å². The topological polar surface area (TPSA) is 53.6 Å². The second-order valence-electron chi connectivity index (χ2n) is 11.4. The molecule has 3 aliphatic rings. The van der Waals surface area contributed by atoms with E-state index < -0.39 is 23.2 Å². The normalized spacial score (nSPS) is 21.5. The zero-order valence-electron chi connectivity index (χ0n) is 23.1. The fourth-order valence-electron chi connectivity index (χ4n) is 5.98. The van der Waals surface area contributed by atoms with Crippen LogP contribution in [0.2, 0.25) is 5.02 Å². The molecule has 0 aromatic heterocycles. The van der Waals surface area contributed by atoms with E-state index in [-0.39, 0.29) is 30.1 Å². The molecule has 5 nitrogen and oxygen atoms in total. The molecule has 3 aromatic rings. The molecule has 2 heterocycles. The van der Waals surface area contributed by atoms with Crippen LogP contribution in [0.3, 0.4) is 0 Å². The molecule has 6 rings (SSSR count). The SMILES string of the molecule is O=C(C1=CCC2(c3ccc(CCCOc4c(F)ccc(F)c4F)cc3)CNCC1N2)N(Cc1cccc(Cl)c1)C1CC1. The molecule has 2 aliphatic heterocycles. The van der Waals surface area contributed by atoms with Gasteiger partial charge in [-0.25, -0.2) is 8.78 Å². The lowest BCUT2D eigenvalue weighted by molar-refractivity contribution is -0.129. The minimum absolute atomic E-state index is 0.0624. The molecule has 0 spiro atoms. The Morgan fingerprint density at radius 1 is 1.02 bits per heavy atom. The van der Waals surface area contributed by atoms with Crippen molar-refractivity contribution >= 4 is 17.5 Å². The van der Waals surface area contributed by atoms with Gasteiger partial charge in [-0.2, -0.15) is 4.39 Å². The molecule has 2 atom stereocenters. The lowest BCUT2D eigenvalue weighted by Crippen LogP contribution is -2.65. The van der Waals surface area contributed by atoms with Crippen molar-refractivity contribution in [3.8, 4) is 5.75 Å². The minimum Gasteiger partial charge on any atom is -0.488 e. The Bertz CT molecular complexity index is 1490. The molecule has 2 bridgehead atoms. The van der Waals surface area contributed by atoms with Crippen molar-refractivity contribution in [2.75, 3.05) is 19.7 Å². The number of piperazine rings is 1. The van der Waals surface area contributed by atoms with Crippen molar-refractivity contribution in [1.82, 2.24) is 15.5 Å². The van der Waals surface area contributed by atoms with Crippen molar-refractivity contribution in [2.24, 2.45) is 0 Å². The van der Waals surface area contributed by atoms with Crippen LogP contribution in [0.4, 0.5) is 13.2 Å². The number of nitrogens with zero attached hydrogens (tertiary/aromatic N) is 1. The van der Waals surface area contributed by atoms with Gasteiger partial charge >= 0.3 is 0 Å². The van der Waals surface area contributed by atoms with Crippen molar-refractivity contribution in [2.45, 2.75) is 56.3 Å². The molecule has 1 amide bonds. The first-order valence-corrected chi connectivity index (χ1v) is 14.8. The van der Waals surface area contributed by atoms with E-state index in [0.29, 0.717) is 37.4 Å². The van der Waals surface area contributed by atoms with Crippen LogP contribution in [-0.4, -0.2) is 42.6 Å². The minimum atomic E-state index is -1.31. The van der Waals surface area contributed by atoms with Gasteiger partial charge in [0.25, 0.3) is 5.91 Å². The Hall–Kier alpha value is -3.33. The Morgan fingerprint density at radius 2 is 1.81 bits per heavy atom. The fourth-order valence-corrected chi connectivity index (χ4v) is 6.20. The molecule has 0 radical (unpaired) electrons. The standard InChI is InChI=1S/C33H33ClF3N3O2/c34-24-5-1-3-22(17-24)19-40(25-10-11-25)32(41)26-14-15-33(20-38-18-29(26)39-33)23-8-6-21(7-9-23)4-2-16-42-31-28(36)13-12-27(35)30(31)37/h1,3,5-9,12-14,17,25,29,38-39H,2,4,10-11,15-16,18-20H2. The maximum Gasteiger partial charge on any atom is 0.251 e. The summed E-state index contributed by atoms with van der Waals surface area (Å²) in [6, 6.07) is 17.7. The highest BCUT2D eigenvalue weighted by Crippen LogP contribution is 2.36. The zero-order chi connectivity index (χ0) is 29.3. The molecule has 9 heteroatoms. The third-order valence-corrected chi connectivity index (χ3v) is 8.61. The number of rotatable bonds is 10. The second-order valence-corrected chi connectivity index (χ2v) is 11.8. The number of carbonyl (C=O) groups is 1. The molecule has 2 fully saturated rings. The van der Waals surface area contributed by atoms with Gasteiger partial charge in [0.2, 0.25) is 5.82 Å². The Labute approximate surface area is 248 Å². The summed E-state index contributed by atoms with van der Waals surface area (Å²) >= 11 is 6.20. The number of aryl methyl sites for hydroxylation is 1. The van der Waals surface area contributed by atoms with Crippen molar-refractivity contribution in [1.29, 1.82) is 0 Å². The number of amides is 1. The van der Waals surface area contributed by atoms with Crippen LogP contribution < -0.4 is 15.4 Å². The largest absolute Gasteiger partial charge is 0.488 e. The number of hydrogen-bond donors (Lipinski definition) is 2. The van der Waals surface area contributed by atoms with Crippen LogP contribution in [-0.2, 0) is 23.3 Å². The fraction of sp³-hybridized carbons (Fsp3) is 0.364. The molecular formula is C33H33ClF3N3O2. The van der Waals surface area contributed by atoms with Crippen LogP contribution in [0.1, 0.15) is 42.4 Å². The van der Waals surface area contributed by atoms with E-state index in [4.69, 9.17) is 16.3 Å². The Kier molecular flexibility index (Phi) is 8.30. The monoisotopic (exact) mass is 595 g/mol. The van der Waals surface area contributed by atoms with Crippen LogP contribution in [0, 0.1) is 17.5 Å². The van der Waals surface area contributed by atoms with Gasteiger partial charge in [0.15, 0.2) is 17.4 Å². The molecule has 2 N–H and O–H groups in total. The van der Waals surface area contributed by atoms with Crippen LogP contribution in [0.15, 0.2) is 72.3 Å². The van der Waals surface area contributed by atoms with Gasteiger partial charge in [0, 0.05) is 36.3 Å². The van der Waals surface area contributed by atoms with Gasteiger partial charge in [0.1, 0.15) is 0 Å². The van der Waals surface area contributed by atoms with Gasteiger partial charge < -0.3 is 15.0 Å². The predicted molar refractivity (Wildman–Crippen MR) is 156 cm³/mol. The molecule has 220 valence electrons. The lowest BCUT2D eigenvalue weighted by atomic mass is 9.78. The first kappa shape index (κ1) is 28.8. The van der Waals surface area contributed by atoms with E-state index in [9.17, 15) is 18.0 Å². The van der Waals surface area contributed by atoms with Gasteiger partial charge in [-0.1, -0.05) is 54.1 Å².